The van der Waals surface area contributed by atoms with E-state index >= 15 is 0 Å². The third-order valence-corrected chi connectivity index (χ3v) is 5.36. The Bertz CT molecular complexity index is 1130. The summed E-state index contributed by atoms with van der Waals surface area (Å²) in [5.41, 5.74) is 3.13. The number of hydrogen-bond acceptors (Lipinski definition) is 5. The van der Waals surface area contributed by atoms with Crippen LogP contribution in [0.1, 0.15) is 13.3 Å². The molecule has 154 valence electrons. The van der Waals surface area contributed by atoms with Gasteiger partial charge in [-0.2, -0.15) is 0 Å². The Morgan fingerprint density at radius 3 is 2.67 bits per heavy atom. The van der Waals surface area contributed by atoms with Gasteiger partial charge in [0.15, 0.2) is 5.78 Å². The Morgan fingerprint density at radius 2 is 1.90 bits per heavy atom. The van der Waals surface area contributed by atoms with Crippen molar-refractivity contribution in [3.05, 3.63) is 78.7 Å². The summed E-state index contributed by atoms with van der Waals surface area (Å²) in [6.07, 6.45) is 7.87. The van der Waals surface area contributed by atoms with Gasteiger partial charge in [-0.1, -0.05) is 37.3 Å². The third kappa shape index (κ3) is 3.15. The van der Waals surface area contributed by atoms with Crippen LogP contribution in [0.3, 0.4) is 0 Å². The lowest BCUT2D eigenvalue weighted by atomic mass is 9.97. The van der Waals surface area contributed by atoms with Crippen LogP contribution in [-0.2, 0) is 9.53 Å². The fourth-order valence-electron chi connectivity index (χ4n) is 3.87. The van der Waals surface area contributed by atoms with E-state index in [1.807, 2.05) is 84.9 Å². The first kappa shape index (κ1) is 19.8. The summed E-state index contributed by atoms with van der Waals surface area (Å²) in [5.74, 6) is -0.597. The molecule has 0 fully saturated rings. The van der Waals surface area contributed by atoms with Gasteiger partial charge in [0.05, 0.1) is 24.1 Å². The Labute approximate surface area is 175 Å². The highest BCUT2D eigenvalue weighted by molar-refractivity contribution is 6.01. The molecule has 1 aliphatic rings. The van der Waals surface area contributed by atoms with Gasteiger partial charge in [0.1, 0.15) is 5.75 Å². The number of aromatic nitrogens is 1. The third-order valence-electron chi connectivity index (χ3n) is 5.36. The predicted molar refractivity (Wildman–Crippen MR) is 120 cm³/mol. The molecule has 0 saturated carbocycles. The molecule has 6 heteroatoms. The lowest BCUT2D eigenvalue weighted by Crippen LogP contribution is -2.58. The van der Waals surface area contributed by atoms with E-state index in [1.54, 1.807) is 14.2 Å². The van der Waals surface area contributed by atoms with Gasteiger partial charge >= 0.3 is 0 Å². The summed E-state index contributed by atoms with van der Waals surface area (Å²) in [5, 5.41) is 4.48. The molecular weight excluding hydrogens is 378 g/mol. The number of allylic oxidation sites excluding steroid dienone is 2. The summed E-state index contributed by atoms with van der Waals surface area (Å²) in [6.45, 7) is 1.85. The molecule has 0 spiro atoms. The minimum Gasteiger partial charge on any atom is -0.495 e. The molecular formula is C24H25N3O3. The maximum atomic E-state index is 13.0. The van der Waals surface area contributed by atoms with Crippen molar-refractivity contribution >= 4 is 28.1 Å². The fraction of sp³-hybridized carbons (Fsp3) is 0.208. The van der Waals surface area contributed by atoms with Gasteiger partial charge in [0, 0.05) is 36.8 Å². The molecule has 1 atom stereocenters. The molecule has 1 aliphatic heterocycles. The number of anilines is 2. The number of nitrogens with zero attached hydrogens (tertiary/aromatic N) is 1. The summed E-state index contributed by atoms with van der Waals surface area (Å²) in [4.78, 5) is 18.2. The van der Waals surface area contributed by atoms with Crippen LogP contribution >= 0.6 is 0 Å². The summed E-state index contributed by atoms with van der Waals surface area (Å²) < 4.78 is 11.6. The first-order valence-corrected chi connectivity index (χ1v) is 9.88. The monoisotopic (exact) mass is 403 g/mol. The van der Waals surface area contributed by atoms with E-state index in [0.717, 1.165) is 22.3 Å². The number of ether oxygens (including phenoxy) is 2. The highest BCUT2D eigenvalue weighted by Crippen LogP contribution is 2.40. The SMILES string of the molecule is CCC(=O)C1=CC=CN(c2c[nH]c3ccccc23)C1(Nc1ccccc1OC)OC. The summed E-state index contributed by atoms with van der Waals surface area (Å²) in [6, 6.07) is 15.6. The number of methoxy groups -OCH3 is 2. The smallest absolute Gasteiger partial charge is 0.254 e. The van der Waals surface area contributed by atoms with Crippen LogP contribution in [0.4, 0.5) is 11.4 Å². The lowest BCUT2D eigenvalue weighted by Gasteiger charge is -2.45. The summed E-state index contributed by atoms with van der Waals surface area (Å²) in [7, 11) is 3.21. The van der Waals surface area contributed by atoms with Crippen molar-refractivity contribution in [2.24, 2.45) is 0 Å². The number of para-hydroxylation sites is 3. The molecule has 0 amide bonds. The number of carbonyl (C=O) groups excluding carboxylic acids is 1. The number of aromatic amines is 1. The highest BCUT2D eigenvalue weighted by Gasteiger charge is 2.45. The van der Waals surface area contributed by atoms with E-state index in [-0.39, 0.29) is 5.78 Å². The molecule has 0 bridgehead atoms. The van der Waals surface area contributed by atoms with Crippen LogP contribution in [0.25, 0.3) is 10.9 Å². The molecule has 2 heterocycles. The molecule has 6 nitrogen and oxygen atoms in total. The Balaban J connectivity index is 1.91. The average Bonchev–Trinajstić information content (AvgIpc) is 3.22. The lowest BCUT2D eigenvalue weighted by molar-refractivity contribution is -0.117. The first-order chi connectivity index (χ1) is 14.6. The standard InChI is InChI=1S/C24H25N3O3/c1-4-22(28)18-11-9-15-27(21-16-25-19-12-6-5-10-17(19)21)24(18,30-3)26-20-13-7-8-14-23(20)29-2/h5-16,25-26H,4H2,1-3H3. The van der Waals surface area contributed by atoms with Gasteiger partial charge in [-0.05, 0) is 30.4 Å². The van der Waals surface area contributed by atoms with Crippen LogP contribution in [0.2, 0.25) is 0 Å². The zero-order valence-corrected chi connectivity index (χ0v) is 17.3. The molecule has 30 heavy (non-hydrogen) atoms. The number of ketones is 1. The Morgan fingerprint density at radius 1 is 1.13 bits per heavy atom. The number of Topliss-reactive ketones (excluding diaryl/α,β-unsaturated/α-hetero) is 1. The van der Waals surface area contributed by atoms with E-state index in [0.29, 0.717) is 17.7 Å². The van der Waals surface area contributed by atoms with Crippen LogP contribution < -0.4 is 15.0 Å². The second-order valence-electron chi connectivity index (χ2n) is 6.96. The molecule has 0 radical (unpaired) electrons. The maximum Gasteiger partial charge on any atom is 0.254 e. The molecule has 3 aromatic rings. The molecule has 0 saturated heterocycles. The van der Waals surface area contributed by atoms with Gasteiger partial charge in [0.25, 0.3) is 5.85 Å². The van der Waals surface area contributed by atoms with Crippen LogP contribution in [0, 0.1) is 0 Å². The van der Waals surface area contributed by atoms with Crippen molar-refractivity contribution in [1.82, 2.24) is 4.98 Å². The van der Waals surface area contributed by atoms with Crippen LogP contribution in [-0.4, -0.2) is 30.8 Å². The quantitative estimate of drug-likeness (QED) is 0.553. The van der Waals surface area contributed by atoms with Crippen molar-refractivity contribution in [2.45, 2.75) is 19.2 Å². The van der Waals surface area contributed by atoms with Gasteiger partial charge in [0.2, 0.25) is 0 Å². The van der Waals surface area contributed by atoms with E-state index in [1.165, 1.54) is 0 Å². The minimum atomic E-state index is -1.25. The van der Waals surface area contributed by atoms with E-state index in [9.17, 15) is 4.79 Å². The van der Waals surface area contributed by atoms with E-state index in [2.05, 4.69) is 10.3 Å². The van der Waals surface area contributed by atoms with Crippen molar-refractivity contribution in [3.63, 3.8) is 0 Å². The first-order valence-electron chi connectivity index (χ1n) is 9.88. The number of nitrogens with one attached hydrogen (secondary N) is 2. The molecule has 1 unspecified atom stereocenters. The van der Waals surface area contributed by atoms with E-state index in [4.69, 9.17) is 9.47 Å². The second kappa shape index (κ2) is 8.08. The van der Waals surface area contributed by atoms with Gasteiger partial charge in [-0.3, -0.25) is 9.69 Å². The molecule has 2 aromatic carbocycles. The molecule has 0 aliphatic carbocycles. The Hall–Kier alpha value is -3.51. The van der Waals surface area contributed by atoms with Gasteiger partial charge < -0.3 is 19.8 Å². The largest absolute Gasteiger partial charge is 0.495 e. The maximum absolute atomic E-state index is 13.0. The number of hydrogen-bond donors (Lipinski definition) is 2. The van der Waals surface area contributed by atoms with Crippen molar-refractivity contribution in [2.75, 3.05) is 24.4 Å². The molecule has 1 aromatic heterocycles. The normalized spacial score (nSPS) is 18.4. The number of benzene rings is 2. The number of rotatable bonds is 7. The minimum absolute atomic E-state index is 0.00607. The second-order valence-corrected chi connectivity index (χ2v) is 6.96. The van der Waals surface area contributed by atoms with Crippen molar-refractivity contribution in [3.8, 4) is 5.75 Å². The highest BCUT2D eigenvalue weighted by atomic mass is 16.5. The number of carbonyl (C=O) groups is 1. The average molecular weight is 403 g/mol. The topological polar surface area (TPSA) is 66.6 Å². The summed E-state index contributed by atoms with van der Waals surface area (Å²) >= 11 is 0. The molecule has 4 rings (SSSR count). The number of fused-ring (bicyclic) bond motifs is 1. The predicted octanol–water partition coefficient (Wildman–Crippen LogP) is 4.83. The van der Waals surface area contributed by atoms with Crippen LogP contribution in [0.5, 0.6) is 5.75 Å². The van der Waals surface area contributed by atoms with Gasteiger partial charge in [-0.15, -0.1) is 0 Å². The Kier molecular flexibility index (Phi) is 5.33. The number of H-pyrrole nitrogens is 1. The molecule has 2 N–H and O–H groups in total. The zero-order valence-electron chi connectivity index (χ0n) is 17.3. The van der Waals surface area contributed by atoms with Crippen molar-refractivity contribution < 1.29 is 14.3 Å². The fourth-order valence-corrected chi connectivity index (χ4v) is 3.87. The van der Waals surface area contributed by atoms with E-state index < -0.39 is 5.85 Å². The van der Waals surface area contributed by atoms with Crippen LogP contribution in [0.15, 0.2) is 78.7 Å². The van der Waals surface area contributed by atoms with Gasteiger partial charge in [-0.25, -0.2) is 0 Å². The van der Waals surface area contributed by atoms with Crippen molar-refractivity contribution in [1.29, 1.82) is 0 Å². The zero-order chi connectivity index (χ0) is 21.1.